The second-order valence-corrected chi connectivity index (χ2v) is 8.71. The third-order valence-electron chi connectivity index (χ3n) is 4.92. The first-order valence-electron chi connectivity index (χ1n) is 10.5. The van der Waals surface area contributed by atoms with E-state index in [9.17, 15) is 14.0 Å². The first-order chi connectivity index (χ1) is 16.8. The van der Waals surface area contributed by atoms with Crippen molar-refractivity contribution in [1.29, 1.82) is 0 Å². The summed E-state index contributed by atoms with van der Waals surface area (Å²) in [4.78, 5) is 27.9. The number of amides is 1. The maximum absolute atomic E-state index is 13.1. The van der Waals surface area contributed by atoms with Gasteiger partial charge in [0.1, 0.15) is 12.4 Å². The normalized spacial score (nSPS) is 13.9. The molecule has 4 rings (SSSR count). The van der Waals surface area contributed by atoms with Crippen LogP contribution in [0.25, 0.3) is 6.08 Å². The van der Waals surface area contributed by atoms with E-state index in [1.807, 2.05) is 6.07 Å². The molecule has 3 aromatic rings. The van der Waals surface area contributed by atoms with Crippen molar-refractivity contribution in [1.82, 2.24) is 0 Å². The van der Waals surface area contributed by atoms with Crippen molar-refractivity contribution in [2.45, 2.75) is 13.5 Å². The minimum atomic E-state index is -0.573. The number of cyclic esters (lactones) is 1. The van der Waals surface area contributed by atoms with Crippen molar-refractivity contribution in [3.63, 3.8) is 0 Å². The average molecular weight is 586 g/mol. The molecule has 0 fully saturated rings. The van der Waals surface area contributed by atoms with Gasteiger partial charge in [-0.15, -0.1) is 0 Å². The monoisotopic (exact) mass is 586 g/mol. The topological polar surface area (TPSA) is 86.2 Å². The van der Waals surface area contributed by atoms with Gasteiger partial charge in [0.05, 0.1) is 10.7 Å². The van der Waals surface area contributed by atoms with E-state index in [4.69, 9.17) is 14.2 Å². The lowest BCUT2D eigenvalue weighted by Gasteiger charge is -2.14. The van der Waals surface area contributed by atoms with Gasteiger partial charge in [0.25, 0.3) is 0 Å². The Bertz CT molecular complexity index is 1340. The van der Waals surface area contributed by atoms with Gasteiger partial charge >= 0.3 is 5.97 Å². The molecule has 0 radical (unpaired) electrons. The Hall–Kier alpha value is -3.73. The molecular formula is C26H20FIN2O5. The third-order valence-corrected chi connectivity index (χ3v) is 5.73. The molecular weight excluding hydrogens is 566 g/mol. The van der Waals surface area contributed by atoms with Crippen molar-refractivity contribution in [3.05, 3.63) is 92.4 Å². The van der Waals surface area contributed by atoms with E-state index in [0.29, 0.717) is 28.3 Å². The average Bonchev–Trinajstić information content (AvgIpc) is 3.19. The predicted molar refractivity (Wildman–Crippen MR) is 138 cm³/mol. The van der Waals surface area contributed by atoms with Crippen molar-refractivity contribution < 1.29 is 28.2 Å². The second-order valence-electron chi connectivity index (χ2n) is 7.54. The Kier molecular flexibility index (Phi) is 7.45. The van der Waals surface area contributed by atoms with Gasteiger partial charge in [-0.2, -0.15) is 0 Å². The highest BCUT2D eigenvalue weighted by atomic mass is 127. The molecule has 0 spiro atoms. The smallest absolute Gasteiger partial charge is 0.363 e. The summed E-state index contributed by atoms with van der Waals surface area (Å²) >= 11 is 2.12. The van der Waals surface area contributed by atoms with Crippen LogP contribution in [-0.4, -0.2) is 24.9 Å². The molecule has 0 aromatic heterocycles. The summed E-state index contributed by atoms with van der Waals surface area (Å²) in [6, 6.07) is 16.5. The summed E-state index contributed by atoms with van der Waals surface area (Å²) in [5.41, 5.74) is 2.87. The zero-order chi connectivity index (χ0) is 24.9. The Morgan fingerprint density at radius 1 is 1.14 bits per heavy atom. The molecule has 35 heavy (non-hydrogen) atoms. The third kappa shape index (κ3) is 6.04. The van der Waals surface area contributed by atoms with Crippen molar-refractivity contribution >= 4 is 52.1 Å². The number of hydrogen-bond donors (Lipinski definition) is 1. The van der Waals surface area contributed by atoms with E-state index in [1.165, 1.54) is 26.2 Å². The summed E-state index contributed by atoms with van der Waals surface area (Å²) in [5, 5.41) is 2.68. The van der Waals surface area contributed by atoms with Gasteiger partial charge in [-0.05, 0) is 88.3 Å². The minimum absolute atomic E-state index is 0.142. The van der Waals surface area contributed by atoms with Crippen molar-refractivity contribution in [3.8, 4) is 11.5 Å². The van der Waals surface area contributed by atoms with Crippen LogP contribution in [-0.2, 0) is 20.9 Å². The van der Waals surface area contributed by atoms with Crippen LogP contribution in [0.4, 0.5) is 10.1 Å². The van der Waals surface area contributed by atoms with Gasteiger partial charge in [0.2, 0.25) is 11.8 Å². The molecule has 3 aromatic carbocycles. The van der Waals surface area contributed by atoms with Crippen LogP contribution in [0, 0.1) is 9.39 Å². The number of rotatable bonds is 7. The number of nitrogens with one attached hydrogen (secondary N) is 1. The zero-order valence-corrected chi connectivity index (χ0v) is 21.0. The molecule has 0 saturated heterocycles. The summed E-state index contributed by atoms with van der Waals surface area (Å²) in [5.74, 6) is 0.140. The maximum Gasteiger partial charge on any atom is 0.363 e. The lowest BCUT2D eigenvalue weighted by Crippen LogP contribution is -2.07. The Labute approximate surface area is 214 Å². The number of esters is 1. The molecule has 1 aliphatic rings. The van der Waals surface area contributed by atoms with Gasteiger partial charge in [-0.1, -0.05) is 12.1 Å². The number of benzene rings is 3. The number of hydrogen-bond acceptors (Lipinski definition) is 6. The summed E-state index contributed by atoms with van der Waals surface area (Å²) in [6.45, 7) is 1.67. The zero-order valence-electron chi connectivity index (χ0n) is 18.8. The van der Waals surface area contributed by atoms with Crippen molar-refractivity contribution in [2.75, 3.05) is 12.4 Å². The quantitative estimate of drug-likeness (QED) is 0.230. The van der Waals surface area contributed by atoms with Crippen LogP contribution >= 0.6 is 22.6 Å². The molecule has 0 bridgehead atoms. The molecule has 1 heterocycles. The standard InChI is InChI=1S/C26H20FIN2O5/c1-15(31)29-20-9-5-18(6-10-20)25-30-22(26(32)35-25)12-17-11-21(28)24(23(13-17)33-2)34-14-16-3-7-19(27)8-4-16/h3-13H,14H2,1-2H3,(H,29,31)/b22-12-. The molecule has 0 unspecified atom stereocenters. The number of carbonyl (C=O) groups excluding carboxylic acids is 2. The second kappa shape index (κ2) is 10.7. The lowest BCUT2D eigenvalue weighted by molar-refractivity contribution is -0.129. The van der Waals surface area contributed by atoms with E-state index in [-0.39, 0.29) is 29.9 Å². The van der Waals surface area contributed by atoms with Gasteiger partial charge in [0, 0.05) is 18.2 Å². The fourth-order valence-electron chi connectivity index (χ4n) is 3.29. The molecule has 1 N–H and O–H groups in total. The number of aliphatic imine (C=N–C) groups is 1. The molecule has 0 aliphatic carbocycles. The van der Waals surface area contributed by atoms with E-state index in [0.717, 1.165) is 9.13 Å². The number of ether oxygens (including phenoxy) is 3. The van der Waals surface area contributed by atoms with Crippen molar-refractivity contribution in [2.24, 2.45) is 4.99 Å². The van der Waals surface area contributed by atoms with Crippen LogP contribution in [0.5, 0.6) is 11.5 Å². The maximum atomic E-state index is 13.1. The molecule has 1 amide bonds. The van der Waals surface area contributed by atoms with Gasteiger partial charge < -0.3 is 19.5 Å². The summed E-state index contributed by atoms with van der Waals surface area (Å²) in [6.07, 6.45) is 1.61. The van der Waals surface area contributed by atoms with Crippen LogP contribution in [0.15, 0.2) is 71.4 Å². The summed E-state index contributed by atoms with van der Waals surface area (Å²) in [7, 11) is 1.53. The fraction of sp³-hybridized carbons (Fsp3) is 0.115. The van der Waals surface area contributed by atoms with E-state index < -0.39 is 5.97 Å². The van der Waals surface area contributed by atoms with E-state index in [1.54, 1.807) is 48.5 Å². The molecule has 0 saturated carbocycles. The largest absolute Gasteiger partial charge is 0.493 e. The molecule has 1 aliphatic heterocycles. The fourth-order valence-corrected chi connectivity index (χ4v) is 4.07. The lowest BCUT2D eigenvalue weighted by atomic mass is 10.1. The minimum Gasteiger partial charge on any atom is -0.493 e. The molecule has 7 nitrogen and oxygen atoms in total. The highest BCUT2D eigenvalue weighted by molar-refractivity contribution is 14.1. The molecule has 178 valence electrons. The Morgan fingerprint density at radius 3 is 2.51 bits per heavy atom. The van der Waals surface area contributed by atoms with E-state index >= 15 is 0 Å². The molecule has 9 heteroatoms. The SMILES string of the molecule is COc1cc(/C=C2\N=C(c3ccc(NC(C)=O)cc3)OC2=O)cc(I)c1OCc1ccc(F)cc1. The Morgan fingerprint density at radius 2 is 1.86 bits per heavy atom. The van der Waals surface area contributed by atoms with Gasteiger partial charge in [-0.3, -0.25) is 4.79 Å². The number of anilines is 1. The number of nitrogens with zero attached hydrogens (tertiary/aromatic N) is 1. The number of halogens is 2. The first kappa shape index (κ1) is 24.4. The van der Waals surface area contributed by atoms with Crippen LogP contribution in [0.1, 0.15) is 23.6 Å². The highest BCUT2D eigenvalue weighted by Crippen LogP contribution is 2.35. The highest BCUT2D eigenvalue weighted by Gasteiger charge is 2.24. The Balaban J connectivity index is 1.54. The van der Waals surface area contributed by atoms with Gasteiger partial charge in [0.15, 0.2) is 17.2 Å². The van der Waals surface area contributed by atoms with Crippen LogP contribution in [0.3, 0.4) is 0 Å². The van der Waals surface area contributed by atoms with Crippen LogP contribution < -0.4 is 14.8 Å². The van der Waals surface area contributed by atoms with Crippen LogP contribution in [0.2, 0.25) is 0 Å². The predicted octanol–water partition coefficient (Wildman–Crippen LogP) is 5.32. The van der Waals surface area contributed by atoms with E-state index in [2.05, 4.69) is 32.9 Å². The van der Waals surface area contributed by atoms with Gasteiger partial charge in [-0.25, -0.2) is 14.2 Å². The number of methoxy groups -OCH3 is 1. The molecule has 0 atom stereocenters. The summed E-state index contributed by atoms with van der Waals surface area (Å²) < 4.78 is 30.6. The first-order valence-corrected chi connectivity index (χ1v) is 11.6. The number of carbonyl (C=O) groups is 2.